The molecule has 0 radical (unpaired) electrons. The fourth-order valence-corrected chi connectivity index (χ4v) is 3.33. The smallest absolute Gasteiger partial charge is 0.192 e. The van der Waals surface area contributed by atoms with Gasteiger partial charge in [-0.3, -0.25) is 0 Å². The molecule has 3 heteroatoms. The number of aliphatic hydroxyl groups is 1. The van der Waals surface area contributed by atoms with E-state index in [1.165, 1.54) is 12.8 Å². The first-order valence-electron chi connectivity index (χ1n) is 6.60. The first-order chi connectivity index (χ1) is 7.24. The van der Waals surface area contributed by atoms with E-state index in [4.69, 9.17) is 4.43 Å². The van der Waals surface area contributed by atoms with Crippen LogP contribution in [0.25, 0.3) is 0 Å². The van der Waals surface area contributed by atoms with E-state index in [-0.39, 0.29) is 17.2 Å². The summed E-state index contributed by atoms with van der Waals surface area (Å²) in [6.45, 7) is 11.3. The van der Waals surface area contributed by atoms with Crippen molar-refractivity contribution in [2.45, 2.75) is 83.2 Å². The molecule has 0 aromatic carbocycles. The number of rotatable bonds is 2. The van der Waals surface area contributed by atoms with Gasteiger partial charge in [-0.1, -0.05) is 40.0 Å². The van der Waals surface area contributed by atoms with E-state index in [0.29, 0.717) is 0 Å². The quantitative estimate of drug-likeness (QED) is 0.593. The normalized spacial score (nSPS) is 28.9. The molecule has 1 saturated carbocycles. The van der Waals surface area contributed by atoms with Crippen LogP contribution in [-0.4, -0.2) is 25.6 Å². The summed E-state index contributed by atoms with van der Waals surface area (Å²) < 4.78 is 6.32. The highest BCUT2D eigenvalue weighted by molar-refractivity contribution is 6.74. The predicted octanol–water partition coefficient (Wildman–Crippen LogP) is 3.70. The van der Waals surface area contributed by atoms with E-state index in [1.807, 2.05) is 0 Å². The van der Waals surface area contributed by atoms with Crippen LogP contribution < -0.4 is 0 Å². The SMILES string of the molecule is CC(C)(C)[Si](C)(C)O[C@H]1CCCCC[C@H]1O. The van der Waals surface area contributed by atoms with Crippen LogP contribution in [0.2, 0.25) is 18.1 Å². The first-order valence-corrected chi connectivity index (χ1v) is 9.51. The minimum Gasteiger partial charge on any atom is -0.411 e. The summed E-state index contributed by atoms with van der Waals surface area (Å²) in [6.07, 6.45) is 5.40. The molecule has 2 atom stereocenters. The highest BCUT2D eigenvalue weighted by Gasteiger charge is 2.40. The fourth-order valence-electron chi connectivity index (χ4n) is 1.95. The van der Waals surface area contributed by atoms with Crippen molar-refractivity contribution in [1.29, 1.82) is 0 Å². The van der Waals surface area contributed by atoms with Crippen molar-refractivity contribution < 1.29 is 9.53 Å². The predicted molar refractivity (Wildman–Crippen MR) is 71.2 cm³/mol. The lowest BCUT2D eigenvalue weighted by molar-refractivity contribution is 0.0234. The van der Waals surface area contributed by atoms with E-state index < -0.39 is 8.32 Å². The van der Waals surface area contributed by atoms with Gasteiger partial charge in [0.25, 0.3) is 0 Å². The lowest BCUT2D eigenvalue weighted by Crippen LogP contribution is -2.46. The molecule has 0 aliphatic heterocycles. The van der Waals surface area contributed by atoms with E-state index >= 15 is 0 Å². The number of hydrogen-bond acceptors (Lipinski definition) is 2. The maximum Gasteiger partial charge on any atom is 0.192 e. The zero-order chi connectivity index (χ0) is 12.4. The molecule has 0 unspecified atom stereocenters. The molecular weight excluding hydrogens is 216 g/mol. The second-order valence-corrected chi connectivity index (χ2v) is 11.4. The molecule has 0 heterocycles. The van der Waals surface area contributed by atoms with Gasteiger partial charge < -0.3 is 9.53 Å². The average Bonchev–Trinajstić information content (AvgIpc) is 2.30. The Bertz CT molecular complexity index is 220. The third kappa shape index (κ3) is 3.57. The van der Waals surface area contributed by atoms with Gasteiger partial charge >= 0.3 is 0 Å². The van der Waals surface area contributed by atoms with Crippen molar-refractivity contribution in [3.05, 3.63) is 0 Å². The molecule has 0 saturated heterocycles. The van der Waals surface area contributed by atoms with Gasteiger partial charge in [0.05, 0.1) is 12.2 Å². The lowest BCUT2D eigenvalue weighted by atomic mass is 10.1. The molecule has 1 aliphatic carbocycles. The van der Waals surface area contributed by atoms with Crippen LogP contribution in [0.4, 0.5) is 0 Å². The summed E-state index contributed by atoms with van der Waals surface area (Å²) >= 11 is 0. The Hall–Kier alpha value is 0.137. The van der Waals surface area contributed by atoms with Crippen LogP contribution in [-0.2, 0) is 4.43 Å². The third-order valence-corrected chi connectivity index (χ3v) is 8.67. The third-order valence-electron chi connectivity index (χ3n) is 4.17. The first kappa shape index (κ1) is 14.2. The minimum absolute atomic E-state index is 0.0865. The van der Waals surface area contributed by atoms with Crippen molar-refractivity contribution in [2.24, 2.45) is 0 Å². The Morgan fingerprint density at radius 2 is 1.62 bits per heavy atom. The number of hydrogen-bond donors (Lipinski definition) is 1. The van der Waals surface area contributed by atoms with Crippen LogP contribution in [0.1, 0.15) is 52.9 Å². The Morgan fingerprint density at radius 1 is 1.06 bits per heavy atom. The van der Waals surface area contributed by atoms with Crippen LogP contribution >= 0.6 is 0 Å². The van der Waals surface area contributed by atoms with Gasteiger partial charge in [-0.25, -0.2) is 0 Å². The van der Waals surface area contributed by atoms with E-state index in [1.54, 1.807) is 0 Å². The summed E-state index contributed by atoms with van der Waals surface area (Å²) in [7, 11) is -1.72. The van der Waals surface area contributed by atoms with Gasteiger partial charge in [-0.05, 0) is 31.0 Å². The molecule has 2 nitrogen and oxygen atoms in total. The molecule has 0 amide bonds. The van der Waals surface area contributed by atoms with E-state index in [2.05, 4.69) is 33.9 Å². The second-order valence-electron chi connectivity index (χ2n) is 6.62. The second kappa shape index (κ2) is 5.19. The Labute approximate surface area is 102 Å². The fraction of sp³-hybridized carbons (Fsp3) is 1.00. The maximum atomic E-state index is 10.1. The molecule has 0 bridgehead atoms. The summed E-state index contributed by atoms with van der Waals surface area (Å²) in [5.74, 6) is 0. The summed E-state index contributed by atoms with van der Waals surface area (Å²) in [6, 6.07) is 0. The maximum absolute atomic E-state index is 10.1. The summed E-state index contributed by atoms with van der Waals surface area (Å²) in [4.78, 5) is 0. The molecule has 1 aliphatic rings. The van der Waals surface area contributed by atoms with Crippen molar-refractivity contribution in [1.82, 2.24) is 0 Å². The zero-order valence-electron chi connectivity index (χ0n) is 11.5. The monoisotopic (exact) mass is 244 g/mol. The summed E-state index contributed by atoms with van der Waals surface area (Å²) in [5.41, 5.74) is 0. The average molecular weight is 244 g/mol. The highest BCUT2D eigenvalue weighted by atomic mass is 28.4. The van der Waals surface area contributed by atoms with Gasteiger partial charge in [-0.2, -0.15) is 0 Å². The molecule has 0 spiro atoms. The van der Waals surface area contributed by atoms with Crippen molar-refractivity contribution in [3.8, 4) is 0 Å². The molecule has 1 N–H and O–H groups in total. The number of aliphatic hydroxyl groups excluding tert-OH is 1. The molecule has 1 rings (SSSR count). The van der Waals surface area contributed by atoms with Gasteiger partial charge in [0, 0.05) is 0 Å². The molecule has 0 aromatic rings. The Kier molecular flexibility index (Phi) is 4.61. The van der Waals surface area contributed by atoms with Gasteiger partial charge in [0.1, 0.15) is 0 Å². The zero-order valence-corrected chi connectivity index (χ0v) is 12.5. The molecular formula is C13H28O2Si. The van der Waals surface area contributed by atoms with Crippen LogP contribution in [0.15, 0.2) is 0 Å². The molecule has 16 heavy (non-hydrogen) atoms. The Morgan fingerprint density at radius 3 is 2.19 bits per heavy atom. The van der Waals surface area contributed by atoms with Gasteiger partial charge in [0.2, 0.25) is 0 Å². The van der Waals surface area contributed by atoms with Crippen LogP contribution in [0, 0.1) is 0 Å². The van der Waals surface area contributed by atoms with Gasteiger partial charge in [0.15, 0.2) is 8.32 Å². The van der Waals surface area contributed by atoms with Crippen molar-refractivity contribution >= 4 is 8.32 Å². The largest absolute Gasteiger partial charge is 0.411 e. The van der Waals surface area contributed by atoms with Gasteiger partial charge in [-0.15, -0.1) is 0 Å². The van der Waals surface area contributed by atoms with Crippen LogP contribution in [0.3, 0.4) is 0 Å². The van der Waals surface area contributed by atoms with E-state index in [0.717, 1.165) is 19.3 Å². The minimum atomic E-state index is -1.72. The standard InChI is InChI=1S/C13H28O2Si/c1-13(2,3)16(4,5)15-12-10-8-6-7-9-11(12)14/h11-12,14H,6-10H2,1-5H3/t11-,12+/m1/s1. The molecule has 1 fully saturated rings. The molecule has 96 valence electrons. The Balaban J connectivity index is 2.64. The molecule has 0 aromatic heterocycles. The lowest BCUT2D eigenvalue weighted by Gasteiger charge is -2.40. The van der Waals surface area contributed by atoms with E-state index in [9.17, 15) is 5.11 Å². The van der Waals surface area contributed by atoms with Crippen molar-refractivity contribution in [2.75, 3.05) is 0 Å². The van der Waals surface area contributed by atoms with Crippen LogP contribution in [0.5, 0.6) is 0 Å². The summed E-state index contributed by atoms with van der Waals surface area (Å²) in [5, 5.41) is 10.3. The highest BCUT2D eigenvalue weighted by Crippen LogP contribution is 2.38. The topological polar surface area (TPSA) is 29.5 Å². The van der Waals surface area contributed by atoms with Crippen molar-refractivity contribution in [3.63, 3.8) is 0 Å².